The van der Waals surface area contributed by atoms with Gasteiger partial charge < -0.3 is 5.32 Å². The van der Waals surface area contributed by atoms with E-state index >= 15 is 0 Å². The average molecular weight is 127 g/mol. The van der Waals surface area contributed by atoms with Crippen LogP contribution >= 0.6 is 0 Å². The van der Waals surface area contributed by atoms with E-state index < -0.39 is 0 Å². The third-order valence-corrected chi connectivity index (χ3v) is 2.45. The van der Waals surface area contributed by atoms with Crippen molar-refractivity contribution in [1.82, 2.24) is 5.32 Å². The second-order valence-electron chi connectivity index (χ2n) is 3.12. The summed E-state index contributed by atoms with van der Waals surface area (Å²) in [4.78, 5) is 0. The standard InChI is InChI=1S/C8H17N/c1-3-9-6-8-5-4-7(8)2/h7-9H,3-6H2,1-2H3/t7-,8-/m0/s1. The minimum atomic E-state index is 0.990. The van der Waals surface area contributed by atoms with E-state index in [9.17, 15) is 0 Å². The molecule has 0 aromatic rings. The highest BCUT2D eigenvalue weighted by Gasteiger charge is 2.25. The number of hydrogen-bond acceptors (Lipinski definition) is 1. The topological polar surface area (TPSA) is 12.0 Å². The fraction of sp³-hybridized carbons (Fsp3) is 1.00. The molecule has 1 aliphatic carbocycles. The summed E-state index contributed by atoms with van der Waals surface area (Å²) < 4.78 is 0. The first-order valence-corrected chi connectivity index (χ1v) is 4.05. The predicted octanol–water partition coefficient (Wildman–Crippen LogP) is 1.64. The summed E-state index contributed by atoms with van der Waals surface area (Å²) >= 11 is 0. The van der Waals surface area contributed by atoms with Gasteiger partial charge in [-0.1, -0.05) is 20.3 Å². The smallest absolute Gasteiger partial charge is 0.00181 e. The molecule has 0 spiro atoms. The van der Waals surface area contributed by atoms with Crippen LogP contribution in [0.4, 0.5) is 0 Å². The Morgan fingerprint density at radius 2 is 2.22 bits per heavy atom. The van der Waals surface area contributed by atoms with Gasteiger partial charge in [-0.2, -0.15) is 0 Å². The molecule has 1 fully saturated rings. The molecule has 1 saturated carbocycles. The van der Waals surface area contributed by atoms with Crippen molar-refractivity contribution in [2.75, 3.05) is 13.1 Å². The van der Waals surface area contributed by atoms with Crippen LogP contribution in [0.5, 0.6) is 0 Å². The fourth-order valence-corrected chi connectivity index (χ4v) is 1.37. The van der Waals surface area contributed by atoms with Crippen LogP contribution < -0.4 is 5.32 Å². The molecule has 2 atom stereocenters. The SMILES string of the molecule is CCNC[C@@H]1CC[C@@H]1C. The second kappa shape index (κ2) is 3.21. The lowest BCUT2D eigenvalue weighted by atomic mass is 9.75. The van der Waals surface area contributed by atoms with Crippen LogP contribution in [0.2, 0.25) is 0 Å². The maximum atomic E-state index is 3.38. The molecule has 1 N–H and O–H groups in total. The zero-order valence-electron chi connectivity index (χ0n) is 6.48. The third-order valence-electron chi connectivity index (χ3n) is 2.45. The molecular weight excluding hydrogens is 110 g/mol. The molecular formula is C8H17N. The Kier molecular flexibility index (Phi) is 2.52. The molecule has 0 heterocycles. The van der Waals surface area contributed by atoms with Crippen LogP contribution in [0.25, 0.3) is 0 Å². The Balaban J connectivity index is 1.99. The van der Waals surface area contributed by atoms with E-state index in [-0.39, 0.29) is 0 Å². The van der Waals surface area contributed by atoms with E-state index in [1.165, 1.54) is 19.4 Å². The van der Waals surface area contributed by atoms with Crippen LogP contribution in [-0.2, 0) is 0 Å². The van der Waals surface area contributed by atoms with Crippen molar-refractivity contribution in [1.29, 1.82) is 0 Å². The molecule has 0 aromatic heterocycles. The van der Waals surface area contributed by atoms with Crippen LogP contribution in [0.3, 0.4) is 0 Å². The number of hydrogen-bond donors (Lipinski definition) is 1. The maximum Gasteiger partial charge on any atom is -0.00181 e. The minimum absolute atomic E-state index is 0.990. The van der Waals surface area contributed by atoms with Gasteiger partial charge in [0.25, 0.3) is 0 Å². The van der Waals surface area contributed by atoms with Gasteiger partial charge >= 0.3 is 0 Å². The van der Waals surface area contributed by atoms with Gasteiger partial charge in [0.1, 0.15) is 0 Å². The van der Waals surface area contributed by atoms with E-state index in [0.717, 1.165) is 18.4 Å². The maximum absolute atomic E-state index is 3.38. The van der Waals surface area contributed by atoms with Gasteiger partial charge in [0, 0.05) is 0 Å². The molecule has 9 heavy (non-hydrogen) atoms. The molecule has 0 aliphatic heterocycles. The largest absolute Gasteiger partial charge is 0.317 e. The molecule has 0 aromatic carbocycles. The van der Waals surface area contributed by atoms with E-state index in [2.05, 4.69) is 19.2 Å². The summed E-state index contributed by atoms with van der Waals surface area (Å²) in [6.07, 6.45) is 2.91. The lowest BCUT2D eigenvalue weighted by molar-refractivity contribution is 0.192. The average Bonchev–Trinajstić information content (AvgIpc) is 1.86. The number of rotatable bonds is 3. The van der Waals surface area contributed by atoms with Crippen molar-refractivity contribution in [3.8, 4) is 0 Å². The third kappa shape index (κ3) is 1.68. The normalized spacial score (nSPS) is 34.0. The van der Waals surface area contributed by atoms with Crippen molar-refractivity contribution in [3.05, 3.63) is 0 Å². The van der Waals surface area contributed by atoms with Gasteiger partial charge in [-0.15, -0.1) is 0 Å². The molecule has 0 radical (unpaired) electrons. The lowest BCUT2D eigenvalue weighted by Gasteiger charge is -2.33. The second-order valence-corrected chi connectivity index (χ2v) is 3.12. The monoisotopic (exact) mass is 127 g/mol. The van der Waals surface area contributed by atoms with Gasteiger partial charge in [-0.3, -0.25) is 0 Å². The Bertz CT molecular complexity index is 80.6. The van der Waals surface area contributed by atoms with Gasteiger partial charge in [0.15, 0.2) is 0 Å². The van der Waals surface area contributed by atoms with E-state index in [1.807, 2.05) is 0 Å². The van der Waals surface area contributed by atoms with Gasteiger partial charge in [-0.05, 0) is 31.3 Å². The molecule has 1 nitrogen and oxygen atoms in total. The van der Waals surface area contributed by atoms with Crippen LogP contribution in [0, 0.1) is 11.8 Å². The number of nitrogens with one attached hydrogen (secondary N) is 1. The Morgan fingerprint density at radius 3 is 2.56 bits per heavy atom. The molecule has 0 unspecified atom stereocenters. The van der Waals surface area contributed by atoms with E-state index in [0.29, 0.717) is 0 Å². The fourth-order valence-electron chi connectivity index (χ4n) is 1.37. The molecule has 1 aliphatic rings. The van der Waals surface area contributed by atoms with Crippen molar-refractivity contribution in [3.63, 3.8) is 0 Å². The van der Waals surface area contributed by atoms with Crippen molar-refractivity contribution < 1.29 is 0 Å². The first kappa shape index (κ1) is 7.07. The van der Waals surface area contributed by atoms with Gasteiger partial charge in [0.05, 0.1) is 0 Å². The van der Waals surface area contributed by atoms with Crippen molar-refractivity contribution in [2.24, 2.45) is 11.8 Å². The van der Waals surface area contributed by atoms with Crippen LogP contribution in [-0.4, -0.2) is 13.1 Å². The summed E-state index contributed by atoms with van der Waals surface area (Å²) in [6, 6.07) is 0. The Labute approximate surface area is 57.8 Å². The highest BCUT2D eigenvalue weighted by molar-refractivity contribution is 4.78. The summed E-state index contributed by atoms with van der Waals surface area (Å²) in [5, 5.41) is 3.38. The minimum Gasteiger partial charge on any atom is -0.317 e. The molecule has 0 saturated heterocycles. The van der Waals surface area contributed by atoms with Crippen molar-refractivity contribution >= 4 is 0 Å². The predicted molar refractivity (Wildman–Crippen MR) is 40.4 cm³/mol. The first-order valence-electron chi connectivity index (χ1n) is 4.05. The molecule has 0 bridgehead atoms. The van der Waals surface area contributed by atoms with E-state index in [1.54, 1.807) is 0 Å². The molecule has 1 heteroatoms. The summed E-state index contributed by atoms with van der Waals surface area (Å²) in [7, 11) is 0. The zero-order chi connectivity index (χ0) is 6.69. The summed E-state index contributed by atoms with van der Waals surface area (Å²) in [5.41, 5.74) is 0. The van der Waals surface area contributed by atoms with Gasteiger partial charge in [-0.25, -0.2) is 0 Å². The quantitative estimate of drug-likeness (QED) is 0.607. The molecule has 0 amide bonds. The Hall–Kier alpha value is -0.0400. The van der Waals surface area contributed by atoms with E-state index in [4.69, 9.17) is 0 Å². The molecule has 54 valence electrons. The van der Waals surface area contributed by atoms with Crippen LogP contribution in [0.1, 0.15) is 26.7 Å². The van der Waals surface area contributed by atoms with Crippen molar-refractivity contribution in [2.45, 2.75) is 26.7 Å². The Morgan fingerprint density at radius 1 is 1.44 bits per heavy atom. The van der Waals surface area contributed by atoms with Gasteiger partial charge in [0.2, 0.25) is 0 Å². The van der Waals surface area contributed by atoms with Crippen LogP contribution in [0.15, 0.2) is 0 Å². The lowest BCUT2D eigenvalue weighted by Crippen LogP contribution is -2.33. The summed E-state index contributed by atoms with van der Waals surface area (Å²) in [5.74, 6) is 1.98. The highest BCUT2D eigenvalue weighted by Crippen LogP contribution is 2.32. The molecule has 1 rings (SSSR count). The first-order chi connectivity index (χ1) is 4.34. The highest BCUT2D eigenvalue weighted by atomic mass is 14.8. The summed E-state index contributed by atoms with van der Waals surface area (Å²) in [6.45, 7) is 6.90. The zero-order valence-corrected chi connectivity index (χ0v) is 6.48.